The Kier molecular flexibility index (Phi) is 4.66. The maximum Gasteiger partial charge on any atom is 0.00128 e. The van der Waals surface area contributed by atoms with Crippen LogP contribution in [0, 0.1) is 17.8 Å². The summed E-state index contributed by atoms with van der Waals surface area (Å²) >= 11 is 0. The molecule has 94 valence electrons. The van der Waals surface area contributed by atoms with Gasteiger partial charge < -0.3 is 10.2 Å². The molecule has 2 rings (SSSR count). The van der Waals surface area contributed by atoms with Gasteiger partial charge in [-0.05, 0) is 69.6 Å². The van der Waals surface area contributed by atoms with Crippen molar-refractivity contribution in [3.63, 3.8) is 0 Å². The van der Waals surface area contributed by atoms with E-state index in [1.165, 1.54) is 58.4 Å². The van der Waals surface area contributed by atoms with Crippen LogP contribution in [0.15, 0.2) is 0 Å². The first kappa shape index (κ1) is 12.4. The van der Waals surface area contributed by atoms with Crippen LogP contribution in [0.2, 0.25) is 0 Å². The predicted molar refractivity (Wildman–Crippen MR) is 69.6 cm³/mol. The van der Waals surface area contributed by atoms with E-state index in [1.807, 2.05) is 0 Å². The molecular weight excluding hydrogens is 196 g/mol. The smallest absolute Gasteiger partial charge is 0.00128 e. The van der Waals surface area contributed by atoms with E-state index < -0.39 is 0 Å². The molecule has 2 aliphatic heterocycles. The monoisotopic (exact) mass is 224 g/mol. The lowest BCUT2D eigenvalue weighted by molar-refractivity contribution is 0.240. The molecule has 0 spiro atoms. The van der Waals surface area contributed by atoms with Crippen LogP contribution in [0.4, 0.5) is 0 Å². The Bertz CT molecular complexity index is 197. The highest BCUT2D eigenvalue weighted by Gasteiger charge is 2.29. The Morgan fingerprint density at radius 3 is 2.56 bits per heavy atom. The lowest BCUT2D eigenvalue weighted by atomic mass is 9.84. The topological polar surface area (TPSA) is 15.3 Å². The van der Waals surface area contributed by atoms with Gasteiger partial charge in [0.1, 0.15) is 0 Å². The highest BCUT2D eigenvalue weighted by molar-refractivity contribution is 4.83. The lowest BCUT2D eigenvalue weighted by Crippen LogP contribution is -2.33. The van der Waals surface area contributed by atoms with Crippen LogP contribution < -0.4 is 5.32 Å². The zero-order chi connectivity index (χ0) is 11.4. The minimum atomic E-state index is 0.859. The van der Waals surface area contributed by atoms with Crippen molar-refractivity contribution in [2.75, 3.05) is 32.7 Å². The van der Waals surface area contributed by atoms with E-state index in [9.17, 15) is 0 Å². The molecule has 2 fully saturated rings. The second kappa shape index (κ2) is 6.02. The van der Waals surface area contributed by atoms with Crippen molar-refractivity contribution in [1.82, 2.24) is 10.2 Å². The standard InChI is InChI=1S/C14H28N2/c1-12(2)5-9-16-10-6-14(11-16)13-3-7-15-8-4-13/h12-15H,3-11H2,1-2H3. The summed E-state index contributed by atoms with van der Waals surface area (Å²) in [4.78, 5) is 2.70. The Balaban J connectivity index is 1.70. The van der Waals surface area contributed by atoms with Crippen LogP contribution in [0.25, 0.3) is 0 Å². The fourth-order valence-electron chi connectivity index (χ4n) is 3.21. The van der Waals surface area contributed by atoms with Gasteiger partial charge in [-0.15, -0.1) is 0 Å². The molecule has 1 unspecified atom stereocenters. The Labute approximate surface area is 101 Å². The molecule has 0 amide bonds. The summed E-state index contributed by atoms with van der Waals surface area (Å²) in [5.74, 6) is 2.89. The number of nitrogens with one attached hydrogen (secondary N) is 1. The summed E-state index contributed by atoms with van der Waals surface area (Å²) in [7, 11) is 0. The number of likely N-dealkylation sites (tertiary alicyclic amines) is 1. The van der Waals surface area contributed by atoms with E-state index >= 15 is 0 Å². The van der Waals surface area contributed by atoms with Crippen LogP contribution in [0.3, 0.4) is 0 Å². The van der Waals surface area contributed by atoms with Crippen molar-refractivity contribution < 1.29 is 0 Å². The van der Waals surface area contributed by atoms with Crippen molar-refractivity contribution in [2.24, 2.45) is 17.8 Å². The average Bonchev–Trinajstić information content (AvgIpc) is 2.76. The summed E-state index contributed by atoms with van der Waals surface area (Å²) in [6.45, 7) is 11.3. The number of nitrogens with zero attached hydrogens (tertiary/aromatic N) is 1. The SMILES string of the molecule is CC(C)CCN1CCC(C2CCNCC2)C1. The van der Waals surface area contributed by atoms with E-state index in [2.05, 4.69) is 24.1 Å². The van der Waals surface area contributed by atoms with Crippen molar-refractivity contribution in [1.29, 1.82) is 0 Å². The third-order valence-electron chi connectivity index (χ3n) is 4.38. The molecule has 2 saturated heterocycles. The highest BCUT2D eigenvalue weighted by Crippen LogP contribution is 2.30. The third-order valence-corrected chi connectivity index (χ3v) is 4.38. The lowest BCUT2D eigenvalue weighted by Gasteiger charge is -2.28. The summed E-state index contributed by atoms with van der Waals surface area (Å²) in [5, 5.41) is 3.48. The van der Waals surface area contributed by atoms with E-state index in [0.717, 1.165) is 17.8 Å². The summed E-state index contributed by atoms with van der Waals surface area (Å²) in [6.07, 6.45) is 5.67. The van der Waals surface area contributed by atoms with Gasteiger partial charge in [-0.2, -0.15) is 0 Å². The zero-order valence-corrected chi connectivity index (χ0v) is 11.0. The first-order valence-electron chi connectivity index (χ1n) is 7.19. The van der Waals surface area contributed by atoms with Crippen LogP contribution in [0.5, 0.6) is 0 Å². The minimum absolute atomic E-state index is 0.859. The van der Waals surface area contributed by atoms with Gasteiger partial charge in [0.15, 0.2) is 0 Å². The molecule has 0 bridgehead atoms. The van der Waals surface area contributed by atoms with Crippen molar-refractivity contribution >= 4 is 0 Å². The Morgan fingerprint density at radius 2 is 1.88 bits per heavy atom. The number of hydrogen-bond acceptors (Lipinski definition) is 2. The number of piperidine rings is 1. The maximum absolute atomic E-state index is 3.48. The molecule has 2 heterocycles. The van der Waals surface area contributed by atoms with Gasteiger partial charge in [-0.3, -0.25) is 0 Å². The van der Waals surface area contributed by atoms with Crippen LogP contribution >= 0.6 is 0 Å². The van der Waals surface area contributed by atoms with E-state index in [1.54, 1.807) is 0 Å². The van der Waals surface area contributed by atoms with Gasteiger partial charge in [-0.1, -0.05) is 13.8 Å². The fraction of sp³-hybridized carbons (Fsp3) is 1.00. The molecule has 2 heteroatoms. The van der Waals surface area contributed by atoms with Crippen molar-refractivity contribution in [2.45, 2.75) is 39.5 Å². The molecular formula is C14H28N2. The quantitative estimate of drug-likeness (QED) is 0.788. The summed E-state index contributed by atoms with van der Waals surface area (Å²) < 4.78 is 0. The van der Waals surface area contributed by atoms with Gasteiger partial charge in [0.25, 0.3) is 0 Å². The molecule has 0 aromatic carbocycles. The zero-order valence-electron chi connectivity index (χ0n) is 11.0. The summed E-state index contributed by atoms with van der Waals surface area (Å²) in [5.41, 5.74) is 0. The molecule has 0 aliphatic carbocycles. The van der Waals surface area contributed by atoms with Crippen LogP contribution in [0.1, 0.15) is 39.5 Å². The molecule has 1 atom stereocenters. The summed E-state index contributed by atoms with van der Waals surface area (Å²) in [6, 6.07) is 0. The number of hydrogen-bond donors (Lipinski definition) is 1. The number of rotatable bonds is 4. The molecule has 2 nitrogen and oxygen atoms in total. The highest BCUT2D eigenvalue weighted by atomic mass is 15.1. The minimum Gasteiger partial charge on any atom is -0.317 e. The molecule has 0 radical (unpaired) electrons. The van der Waals surface area contributed by atoms with Gasteiger partial charge in [0.2, 0.25) is 0 Å². The second-order valence-electron chi connectivity index (χ2n) is 6.12. The normalized spacial score (nSPS) is 29.1. The fourth-order valence-corrected chi connectivity index (χ4v) is 3.21. The van der Waals surface area contributed by atoms with Crippen molar-refractivity contribution in [3.8, 4) is 0 Å². The van der Waals surface area contributed by atoms with Crippen molar-refractivity contribution in [3.05, 3.63) is 0 Å². The maximum atomic E-state index is 3.48. The molecule has 0 aromatic rings. The molecule has 16 heavy (non-hydrogen) atoms. The van der Waals surface area contributed by atoms with Gasteiger partial charge in [0.05, 0.1) is 0 Å². The second-order valence-corrected chi connectivity index (χ2v) is 6.12. The van der Waals surface area contributed by atoms with Crippen LogP contribution in [-0.2, 0) is 0 Å². The molecule has 1 N–H and O–H groups in total. The van der Waals surface area contributed by atoms with E-state index in [0.29, 0.717) is 0 Å². The first-order valence-corrected chi connectivity index (χ1v) is 7.19. The van der Waals surface area contributed by atoms with Gasteiger partial charge >= 0.3 is 0 Å². The van der Waals surface area contributed by atoms with Gasteiger partial charge in [-0.25, -0.2) is 0 Å². The molecule has 0 aromatic heterocycles. The predicted octanol–water partition coefficient (Wildman–Crippen LogP) is 2.35. The van der Waals surface area contributed by atoms with E-state index in [4.69, 9.17) is 0 Å². The first-order chi connectivity index (χ1) is 7.75. The Hall–Kier alpha value is -0.0800. The third kappa shape index (κ3) is 3.46. The van der Waals surface area contributed by atoms with Gasteiger partial charge in [0, 0.05) is 6.54 Å². The largest absolute Gasteiger partial charge is 0.317 e. The van der Waals surface area contributed by atoms with Crippen LogP contribution in [-0.4, -0.2) is 37.6 Å². The Morgan fingerprint density at radius 1 is 1.12 bits per heavy atom. The van der Waals surface area contributed by atoms with E-state index in [-0.39, 0.29) is 0 Å². The molecule has 2 aliphatic rings. The molecule has 0 saturated carbocycles. The average molecular weight is 224 g/mol.